The summed E-state index contributed by atoms with van der Waals surface area (Å²) in [7, 11) is 1.55. The van der Waals surface area contributed by atoms with E-state index in [-0.39, 0.29) is 18.0 Å². The fourth-order valence-electron chi connectivity index (χ4n) is 4.26. The highest BCUT2D eigenvalue weighted by atomic mass is 19.1. The van der Waals surface area contributed by atoms with Crippen molar-refractivity contribution in [2.45, 2.75) is 44.4 Å². The van der Waals surface area contributed by atoms with Gasteiger partial charge >= 0.3 is 0 Å². The summed E-state index contributed by atoms with van der Waals surface area (Å²) < 4.78 is 36.9. The van der Waals surface area contributed by atoms with Crippen LogP contribution in [0.3, 0.4) is 0 Å². The Balaban J connectivity index is 1.13. The van der Waals surface area contributed by atoms with Crippen LogP contribution in [-0.4, -0.2) is 54.0 Å². The van der Waals surface area contributed by atoms with Gasteiger partial charge in [0.15, 0.2) is 11.5 Å². The lowest BCUT2D eigenvalue weighted by Gasteiger charge is -2.30. The fraction of sp³-hybridized carbons (Fsp3) is 0.458. The molecular formula is C24H27FN4O4. The Labute approximate surface area is 191 Å². The van der Waals surface area contributed by atoms with Gasteiger partial charge in [0.05, 0.1) is 48.9 Å². The number of pyridine rings is 3. The minimum Gasteiger partial charge on any atom is -0.486 e. The first-order chi connectivity index (χ1) is 16.2. The molecule has 5 heterocycles. The summed E-state index contributed by atoms with van der Waals surface area (Å²) in [5.41, 5.74) is 2.68. The van der Waals surface area contributed by atoms with E-state index in [1.807, 2.05) is 6.07 Å². The molecule has 2 aliphatic rings. The predicted molar refractivity (Wildman–Crippen MR) is 119 cm³/mol. The van der Waals surface area contributed by atoms with Crippen LogP contribution < -0.4 is 19.5 Å². The van der Waals surface area contributed by atoms with Crippen molar-refractivity contribution in [2.75, 3.05) is 26.9 Å². The second-order valence-electron chi connectivity index (χ2n) is 8.27. The summed E-state index contributed by atoms with van der Waals surface area (Å²) >= 11 is 0. The van der Waals surface area contributed by atoms with Gasteiger partial charge in [-0.2, -0.15) is 0 Å². The molecule has 5 rings (SSSR count). The van der Waals surface area contributed by atoms with E-state index < -0.39 is 0 Å². The number of nitrogens with zero attached hydrogens (tertiary/aromatic N) is 3. The smallest absolute Gasteiger partial charge is 0.213 e. The first-order valence-electron chi connectivity index (χ1n) is 11.3. The Hall–Kier alpha value is -3.04. The first-order valence-corrected chi connectivity index (χ1v) is 11.3. The molecule has 0 saturated carbocycles. The molecule has 0 bridgehead atoms. The van der Waals surface area contributed by atoms with E-state index >= 15 is 0 Å². The molecule has 2 unspecified atom stereocenters. The summed E-state index contributed by atoms with van der Waals surface area (Å²) in [6.07, 6.45) is 6.23. The van der Waals surface area contributed by atoms with Crippen LogP contribution in [0.4, 0.5) is 4.39 Å². The third-order valence-corrected chi connectivity index (χ3v) is 6.09. The second kappa shape index (κ2) is 9.84. The molecule has 9 heteroatoms. The number of fused-ring (bicyclic) bond motifs is 2. The third kappa shape index (κ3) is 4.99. The molecule has 0 spiro atoms. The van der Waals surface area contributed by atoms with Crippen LogP contribution in [0, 0.1) is 5.82 Å². The van der Waals surface area contributed by atoms with Crippen molar-refractivity contribution >= 4 is 11.0 Å². The number of ether oxygens (including phenoxy) is 4. The van der Waals surface area contributed by atoms with Crippen molar-refractivity contribution in [1.82, 2.24) is 20.3 Å². The molecule has 0 radical (unpaired) electrons. The average molecular weight is 455 g/mol. The van der Waals surface area contributed by atoms with Gasteiger partial charge in [-0.05, 0) is 31.7 Å². The van der Waals surface area contributed by atoms with E-state index in [2.05, 4.69) is 20.3 Å². The Morgan fingerprint density at radius 3 is 2.82 bits per heavy atom. The molecule has 3 aromatic heterocycles. The molecule has 2 aliphatic heterocycles. The largest absolute Gasteiger partial charge is 0.486 e. The van der Waals surface area contributed by atoms with Gasteiger partial charge < -0.3 is 24.3 Å². The summed E-state index contributed by atoms with van der Waals surface area (Å²) in [4.78, 5) is 13.0. The van der Waals surface area contributed by atoms with Gasteiger partial charge in [-0.25, -0.2) is 9.37 Å². The number of hydrogen-bond acceptors (Lipinski definition) is 8. The molecule has 8 nitrogen and oxygen atoms in total. The van der Waals surface area contributed by atoms with Gasteiger partial charge in [-0.1, -0.05) is 0 Å². The number of aryl methyl sites for hydroxylation is 1. The molecule has 0 aliphatic carbocycles. The lowest BCUT2D eigenvalue weighted by atomic mass is 9.98. The summed E-state index contributed by atoms with van der Waals surface area (Å²) in [5.74, 6) is 1.55. The lowest BCUT2D eigenvalue weighted by Crippen LogP contribution is -2.39. The number of aromatic nitrogens is 3. The summed E-state index contributed by atoms with van der Waals surface area (Å²) in [5, 5.41) is 3.51. The van der Waals surface area contributed by atoms with Crippen molar-refractivity contribution < 1.29 is 23.3 Å². The zero-order valence-corrected chi connectivity index (χ0v) is 18.6. The van der Waals surface area contributed by atoms with Gasteiger partial charge in [0.25, 0.3) is 0 Å². The van der Waals surface area contributed by atoms with Gasteiger partial charge in [0.2, 0.25) is 5.88 Å². The molecule has 0 aromatic carbocycles. The molecule has 2 atom stereocenters. The van der Waals surface area contributed by atoms with Crippen LogP contribution in [0.1, 0.15) is 30.5 Å². The molecule has 3 aromatic rings. The first kappa shape index (κ1) is 21.8. The molecule has 174 valence electrons. The third-order valence-electron chi connectivity index (χ3n) is 6.09. The fourth-order valence-corrected chi connectivity index (χ4v) is 4.26. The van der Waals surface area contributed by atoms with E-state index in [9.17, 15) is 4.39 Å². The Morgan fingerprint density at radius 2 is 2.00 bits per heavy atom. The monoisotopic (exact) mass is 454 g/mol. The van der Waals surface area contributed by atoms with Gasteiger partial charge in [0.1, 0.15) is 19.0 Å². The Morgan fingerprint density at radius 1 is 1.12 bits per heavy atom. The van der Waals surface area contributed by atoms with Crippen molar-refractivity contribution in [1.29, 1.82) is 0 Å². The number of nitrogens with one attached hydrogen (secondary N) is 1. The second-order valence-corrected chi connectivity index (χ2v) is 8.27. The molecule has 0 amide bonds. The predicted octanol–water partition coefficient (Wildman–Crippen LogP) is 3.21. The van der Waals surface area contributed by atoms with E-state index in [1.165, 1.54) is 6.20 Å². The maximum atomic E-state index is 14.5. The van der Waals surface area contributed by atoms with Crippen LogP contribution in [0.15, 0.2) is 30.6 Å². The van der Waals surface area contributed by atoms with E-state index in [4.69, 9.17) is 18.9 Å². The van der Waals surface area contributed by atoms with Gasteiger partial charge in [0, 0.05) is 30.3 Å². The molecule has 1 N–H and O–H groups in total. The van der Waals surface area contributed by atoms with E-state index in [0.29, 0.717) is 61.0 Å². The minimum absolute atomic E-state index is 0.0868. The maximum absolute atomic E-state index is 14.5. The van der Waals surface area contributed by atoms with Crippen LogP contribution in [0.5, 0.6) is 17.4 Å². The maximum Gasteiger partial charge on any atom is 0.213 e. The van der Waals surface area contributed by atoms with Crippen molar-refractivity contribution in [3.63, 3.8) is 0 Å². The number of rotatable bonds is 7. The highest BCUT2D eigenvalue weighted by Gasteiger charge is 2.23. The van der Waals surface area contributed by atoms with Crippen LogP contribution in [0.25, 0.3) is 11.0 Å². The normalized spacial score (nSPS) is 20.1. The molecule has 1 saturated heterocycles. The summed E-state index contributed by atoms with van der Waals surface area (Å²) in [6, 6.07) is 5.70. The standard InChI is InChI=1S/C24H27FN4O4/c1-30-23-7-6-20-24(29-23)18(19(25)12-28-20)5-4-17-3-2-15(14-33-17)26-11-16-10-21-22(13-27-16)32-9-8-31-21/h6-7,10,12-13,15,17,26H,2-5,8-9,11,14H2,1H3. The molecule has 33 heavy (non-hydrogen) atoms. The lowest BCUT2D eigenvalue weighted by molar-refractivity contribution is -0.00710. The highest BCUT2D eigenvalue weighted by Crippen LogP contribution is 2.29. The molecular weight excluding hydrogens is 427 g/mol. The van der Waals surface area contributed by atoms with Gasteiger partial charge in [-0.3, -0.25) is 9.97 Å². The van der Waals surface area contributed by atoms with Gasteiger partial charge in [-0.15, -0.1) is 0 Å². The summed E-state index contributed by atoms with van der Waals surface area (Å²) in [6.45, 7) is 2.37. The van der Waals surface area contributed by atoms with Crippen LogP contribution >= 0.6 is 0 Å². The van der Waals surface area contributed by atoms with Crippen molar-refractivity contribution in [2.24, 2.45) is 0 Å². The Bertz CT molecular complexity index is 1120. The van der Waals surface area contributed by atoms with E-state index in [1.54, 1.807) is 25.4 Å². The zero-order chi connectivity index (χ0) is 22.6. The zero-order valence-electron chi connectivity index (χ0n) is 18.6. The number of hydrogen-bond donors (Lipinski definition) is 1. The quantitative estimate of drug-likeness (QED) is 0.582. The van der Waals surface area contributed by atoms with Crippen LogP contribution in [-0.2, 0) is 17.7 Å². The minimum atomic E-state index is -0.342. The van der Waals surface area contributed by atoms with Crippen molar-refractivity contribution in [3.05, 3.63) is 47.7 Å². The van der Waals surface area contributed by atoms with E-state index in [0.717, 1.165) is 30.7 Å². The molecule has 1 fully saturated rings. The Kier molecular flexibility index (Phi) is 6.50. The number of halogens is 1. The highest BCUT2D eigenvalue weighted by molar-refractivity contribution is 5.78. The van der Waals surface area contributed by atoms with Crippen LogP contribution in [0.2, 0.25) is 0 Å². The average Bonchev–Trinajstić information content (AvgIpc) is 2.87. The number of methoxy groups -OCH3 is 1. The SMILES string of the molecule is COc1ccc2ncc(F)c(CCC3CCC(NCc4cc5c(cn4)OCCO5)CO3)c2n1. The van der Waals surface area contributed by atoms with Crippen molar-refractivity contribution in [3.8, 4) is 17.4 Å². The topological polar surface area (TPSA) is 87.6 Å².